The fraction of sp³-hybridized carbons (Fsp3) is 0.211. The predicted octanol–water partition coefficient (Wildman–Crippen LogP) is 3.71. The van der Waals surface area contributed by atoms with Crippen molar-refractivity contribution < 1.29 is 23.9 Å². The van der Waals surface area contributed by atoms with E-state index in [9.17, 15) is 14.4 Å². The number of para-hydroxylation sites is 1. The summed E-state index contributed by atoms with van der Waals surface area (Å²) in [6, 6.07) is 11.8. The van der Waals surface area contributed by atoms with Crippen molar-refractivity contribution in [2.24, 2.45) is 0 Å². The van der Waals surface area contributed by atoms with Crippen molar-refractivity contribution in [2.45, 2.75) is 6.42 Å². The summed E-state index contributed by atoms with van der Waals surface area (Å²) >= 11 is 9.22. The fourth-order valence-corrected chi connectivity index (χ4v) is 3.17. The van der Waals surface area contributed by atoms with Crippen molar-refractivity contribution in [1.29, 1.82) is 0 Å². The van der Waals surface area contributed by atoms with Gasteiger partial charge in [0.25, 0.3) is 11.8 Å². The second-order valence-corrected chi connectivity index (χ2v) is 7.07. The maximum absolute atomic E-state index is 12.3. The fourth-order valence-electron chi connectivity index (χ4n) is 2.61. The second-order valence-electron chi connectivity index (χ2n) is 5.74. The van der Waals surface area contributed by atoms with Crippen LogP contribution in [0.3, 0.4) is 0 Å². The number of amides is 2. The van der Waals surface area contributed by atoms with E-state index in [1.54, 1.807) is 42.5 Å². The number of hydrogen-bond acceptors (Lipinski definition) is 5. The highest BCUT2D eigenvalue weighted by molar-refractivity contribution is 9.10. The van der Waals surface area contributed by atoms with Crippen molar-refractivity contribution in [1.82, 2.24) is 4.90 Å². The zero-order valence-electron chi connectivity index (χ0n) is 14.1. The van der Waals surface area contributed by atoms with Gasteiger partial charge in [-0.15, -0.1) is 0 Å². The van der Waals surface area contributed by atoms with Crippen LogP contribution in [0.2, 0.25) is 5.02 Å². The lowest BCUT2D eigenvalue weighted by Crippen LogP contribution is -2.31. The first-order chi connectivity index (χ1) is 13.0. The lowest BCUT2D eigenvalue weighted by molar-refractivity contribution is -0.146. The zero-order valence-corrected chi connectivity index (χ0v) is 16.5. The Morgan fingerprint density at radius 3 is 2.59 bits per heavy atom. The first kappa shape index (κ1) is 19.4. The van der Waals surface area contributed by atoms with Gasteiger partial charge in [-0.1, -0.05) is 39.7 Å². The lowest BCUT2D eigenvalue weighted by Gasteiger charge is -2.13. The van der Waals surface area contributed by atoms with Crippen molar-refractivity contribution in [3.05, 3.63) is 63.1 Å². The molecule has 6 nitrogen and oxygen atoms in total. The normalized spacial score (nSPS) is 12.9. The highest BCUT2D eigenvalue weighted by atomic mass is 79.9. The largest absolute Gasteiger partial charge is 0.480 e. The summed E-state index contributed by atoms with van der Waals surface area (Å²) in [5.41, 5.74) is 0.757. The molecular formula is C19H15BrClNO5. The predicted molar refractivity (Wildman–Crippen MR) is 102 cm³/mol. The molecule has 0 saturated carbocycles. The number of ether oxygens (including phenoxy) is 2. The molecule has 140 valence electrons. The molecule has 0 fully saturated rings. The average Bonchev–Trinajstić information content (AvgIpc) is 2.88. The van der Waals surface area contributed by atoms with Crippen LogP contribution in [-0.4, -0.2) is 42.4 Å². The van der Waals surface area contributed by atoms with Gasteiger partial charge in [0.2, 0.25) is 0 Å². The van der Waals surface area contributed by atoms with Crippen molar-refractivity contribution >= 4 is 45.3 Å². The van der Waals surface area contributed by atoms with E-state index in [2.05, 4.69) is 15.9 Å². The molecule has 0 radical (unpaired) electrons. The maximum Gasteiger partial charge on any atom is 0.344 e. The summed E-state index contributed by atoms with van der Waals surface area (Å²) in [6.07, 6.45) is 0.338. The Kier molecular flexibility index (Phi) is 6.13. The van der Waals surface area contributed by atoms with Gasteiger partial charge >= 0.3 is 5.97 Å². The van der Waals surface area contributed by atoms with E-state index in [4.69, 9.17) is 21.1 Å². The third kappa shape index (κ3) is 4.48. The number of imide groups is 1. The Balaban J connectivity index is 1.43. The van der Waals surface area contributed by atoms with Crippen LogP contribution < -0.4 is 4.74 Å². The molecule has 2 amide bonds. The van der Waals surface area contributed by atoms with Crippen LogP contribution in [0.25, 0.3) is 0 Å². The van der Waals surface area contributed by atoms with Crippen LogP contribution in [0.5, 0.6) is 5.75 Å². The van der Waals surface area contributed by atoms with Crippen molar-refractivity contribution in [3.63, 3.8) is 0 Å². The number of esters is 1. The number of carbonyl (C=O) groups is 3. The van der Waals surface area contributed by atoms with Gasteiger partial charge in [0.05, 0.1) is 22.8 Å². The molecule has 3 rings (SSSR count). The number of nitrogens with zero attached hydrogens (tertiary/aromatic N) is 1. The van der Waals surface area contributed by atoms with Gasteiger partial charge in [0.15, 0.2) is 6.61 Å². The van der Waals surface area contributed by atoms with Gasteiger partial charge in [-0.2, -0.15) is 0 Å². The van der Waals surface area contributed by atoms with Gasteiger partial charge in [-0.25, -0.2) is 4.79 Å². The first-order valence-electron chi connectivity index (χ1n) is 8.16. The second kappa shape index (κ2) is 8.54. The van der Waals surface area contributed by atoms with Crippen LogP contribution in [0, 0.1) is 0 Å². The van der Waals surface area contributed by atoms with Gasteiger partial charge < -0.3 is 9.47 Å². The molecule has 27 heavy (non-hydrogen) atoms. The number of benzene rings is 2. The van der Waals surface area contributed by atoms with Crippen LogP contribution in [0.15, 0.2) is 46.9 Å². The molecule has 1 aliphatic rings. The zero-order chi connectivity index (χ0) is 19.4. The Hall–Kier alpha value is -2.38. The Labute approximate surface area is 169 Å². The van der Waals surface area contributed by atoms with Crippen LogP contribution in [0.1, 0.15) is 27.1 Å². The molecule has 0 atom stereocenters. The molecule has 0 N–H and O–H groups in total. The van der Waals surface area contributed by atoms with Gasteiger partial charge in [0.1, 0.15) is 5.75 Å². The Bertz CT molecular complexity index is 901. The van der Waals surface area contributed by atoms with Crippen molar-refractivity contribution in [3.8, 4) is 5.75 Å². The van der Waals surface area contributed by atoms with E-state index < -0.39 is 5.97 Å². The van der Waals surface area contributed by atoms with Gasteiger partial charge in [0, 0.05) is 11.0 Å². The van der Waals surface area contributed by atoms with Gasteiger partial charge in [-0.3, -0.25) is 14.5 Å². The molecule has 0 bridgehead atoms. The maximum atomic E-state index is 12.3. The molecule has 0 unspecified atom stereocenters. The summed E-state index contributed by atoms with van der Waals surface area (Å²) in [6.45, 7) is -0.0325. The summed E-state index contributed by atoms with van der Waals surface area (Å²) in [7, 11) is 0. The molecule has 0 aromatic heterocycles. The van der Waals surface area contributed by atoms with Crippen LogP contribution in [-0.2, 0) is 9.53 Å². The monoisotopic (exact) mass is 451 g/mol. The smallest absolute Gasteiger partial charge is 0.344 e. The number of fused-ring (bicyclic) bond motifs is 1. The van der Waals surface area contributed by atoms with Gasteiger partial charge in [-0.05, 0) is 36.8 Å². The van der Waals surface area contributed by atoms with E-state index in [1.165, 1.54) is 0 Å². The SMILES string of the molecule is O=C(COc1ccccc1Cl)OCCCN1C(=O)c2ccc(Br)cc2C1=O. The van der Waals surface area contributed by atoms with E-state index in [0.717, 1.165) is 9.37 Å². The quantitative estimate of drug-likeness (QED) is 0.364. The number of halogens is 2. The van der Waals surface area contributed by atoms with E-state index >= 15 is 0 Å². The minimum Gasteiger partial charge on any atom is -0.480 e. The number of hydrogen-bond donors (Lipinski definition) is 0. The highest BCUT2D eigenvalue weighted by Crippen LogP contribution is 2.26. The molecule has 2 aromatic carbocycles. The van der Waals surface area contributed by atoms with Crippen LogP contribution >= 0.6 is 27.5 Å². The Morgan fingerprint density at radius 2 is 1.81 bits per heavy atom. The summed E-state index contributed by atoms with van der Waals surface area (Å²) in [4.78, 5) is 37.5. The number of rotatable bonds is 7. The minimum atomic E-state index is -0.554. The standard InChI is InChI=1S/C19H15BrClNO5/c20-12-6-7-13-14(10-12)19(25)22(18(13)24)8-3-9-26-17(23)11-27-16-5-2-1-4-15(16)21/h1-2,4-7,10H,3,8-9,11H2. The topological polar surface area (TPSA) is 72.9 Å². The van der Waals surface area contributed by atoms with Crippen LogP contribution in [0.4, 0.5) is 0 Å². The number of carbonyl (C=O) groups excluding carboxylic acids is 3. The van der Waals surface area contributed by atoms with Crippen molar-refractivity contribution in [2.75, 3.05) is 19.8 Å². The molecule has 1 aliphatic heterocycles. The molecule has 0 saturated heterocycles. The first-order valence-corrected chi connectivity index (χ1v) is 9.33. The third-order valence-electron chi connectivity index (χ3n) is 3.90. The van der Waals surface area contributed by atoms with E-state index in [-0.39, 0.29) is 31.6 Å². The minimum absolute atomic E-state index is 0.0712. The average molecular weight is 453 g/mol. The Morgan fingerprint density at radius 1 is 1.07 bits per heavy atom. The summed E-state index contributed by atoms with van der Waals surface area (Å²) in [5, 5.41) is 0.405. The molecular weight excluding hydrogens is 438 g/mol. The molecule has 0 spiro atoms. The molecule has 8 heteroatoms. The van der Waals surface area contributed by atoms with E-state index in [1.807, 2.05) is 0 Å². The highest BCUT2D eigenvalue weighted by Gasteiger charge is 2.35. The molecule has 0 aliphatic carbocycles. The summed E-state index contributed by atoms with van der Waals surface area (Å²) in [5.74, 6) is -0.838. The third-order valence-corrected chi connectivity index (χ3v) is 4.71. The molecule has 2 aromatic rings. The van der Waals surface area contributed by atoms with E-state index in [0.29, 0.717) is 28.3 Å². The summed E-state index contributed by atoms with van der Waals surface area (Å²) < 4.78 is 11.1. The lowest BCUT2D eigenvalue weighted by atomic mass is 10.1. The molecule has 1 heterocycles.